The number of rotatable bonds is 5. The molecule has 0 amide bonds. The summed E-state index contributed by atoms with van der Waals surface area (Å²) in [6.07, 6.45) is 8.02. The molecule has 0 bridgehead atoms. The van der Waals surface area contributed by atoms with Gasteiger partial charge in [-0.1, -0.05) is 29.8 Å². The van der Waals surface area contributed by atoms with Gasteiger partial charge in [0.2, 0.25) is 0 Å². The van der Waals surface area contributed by atoms with Crippen LogP contribution in [0.5, 0.6) is 0 Å². The van der Waals surface area contributed by atoms with Crippen molar-refractivity contribution in [2.45, 2.75) is 58.4 Å². The zero-order valence-corrected chi connectivity index (χ0v) is 16.0. The number of hydrogen-bond acceptors (Lipinski definition) is 3. The summed E-state index contributed by atoms with van der Waals surface area (Å²) in [4.78, 5) is 17.1. The quantitative estimate of drug-likeness (QED) is 0.641. The molecule has 0 saturated heterocycles. The van der Waals surface area contributed by atoms with Crippen molar-refractivity contribution in [3.05, 3.63) is 34.4 Å². The van der Waals surface area contributed by atoms with Crippen LogP contribution >= 0.6 is 15.9 Å². The van der Waals surface area contributed by atoms with E-state index >= 15 is 0 Å². The first kappa shape index (κ1) is 17.4. The predicted molar refractivity (Wildman–Crippen MR) is 104 cm³/mol. The monoisotopic (exact) mass is 388 g/mol. The minimum absolute atomic E-state index is 0.179. The van der Waals surface area contributed by atoms with E-state index in [1.165, 1.54) is 25.7 Å². The average Bonchev–Trinajstić information content (AvgIpc) is 2.57. The zero-order valence-electron chi connectivity index (χ0n) is 14.4. The highest BCUT2D eigenvalue weighted by molar-refractivity contribution is 9.10. The highest BCUT2D eigenvalue weighted by Gasteiger charge is 2.22. The third kappa shape index (κ3) is 3.80. The van der Waals surface area contributed by atoms with Crippen LogP contribution in [-0.2, 0) is 0 Å². The van der Waals surface area contributed by atoms with Crippen LogP contribution in [0.4, 0.5) is 5.69 Å². The van der Waals surface area contributed by atoms with E-state index in [4.69, 9.17) is 0 Å². The number of nitrogens with one attached hydrogen (secondary N) is 1. The molecular weight excluding hydrogens is 364 g/mol. The van der Waals surface area contributed by atoms with Gasteiger partial charge in [0.05, 0.1) is 16.8 Å². The van der Waals surface area contributed by atoms with Crippen molar-refractivity contribution in [3.8, 4) is 0 Å². The number of anilines is 1. The smallest absolute Gasteiger partial charge is 0.166 e. The number of pyridine rings is 1. The van der Waals surface area contributed by atoms with Gasteiger partial charge in [0.25, 0.3) is 0 Å². The number of carbonyl (C=O) groups is 1. The van der Waals surface area contributed by atoms with Crippen LogP contribution in [0.15, 0.2) is 28.9 Å². The fourth-order valence-corrected chi connectivity index (χ4v) is 3.86. The molecule has 1 aliphatic rings. The number of carbonyl (C=O) groups excluding carboxylic acids is 1. The van der Waals surface area contributed by atoms with E-state index in [0.717, 1.165) is 39.0 Å². The summed E-state index contributed by atoms with van der Waals surface area (Å²) < 4.78 is 1.01. The van der Waals surface area contributed by atoms with E-state index in [9.17, 15) is 4.79 Å². The maximum absolute atomic E-state index is 12.6. The molecule has 0 radical (unpaired) electrons. The third-order valence-electron chi connectivity index (χ3n) is 4.97. The van der Waals surface area contributed by atoms with Crippen LogP contribution in [-0.4, -0.2) is 16.8 Å². The van der Waals surface area contributed by atoms with Gasteiger partial charge < -0.3 is 5.32 Å². The molecule has 1 N–H and O–H groups in total. The van der Waals surface area contributed by atoms with Crippen molar-refractivity contribution in [2.24, 2.45) is 5.92 Å². The van der Waals surface area contributed by atoms with Gasteiger partial charge in [-0.25, -0.2) is 0 Å². The minimum Gasteiger partial charge on any atom is -0.381 e. The van der Waals surface area contributed by atoms with Crippen molar-refractivity contribution in [3.63, 3.8) is 0 Å². The maximum Gasteiger partial charge on any atom is 0.166 e. The molecule has 1 fully saturated rings. The summed E-state index contributed by atoms with van der Waals surface area (Å²) in [5.41, 5.74) is 2.64. The van der Waals surface area contributed by atoms with Gasteiger partial charge in [-0.3, -0.25) is 9.78 Å². The molecule has 4 heteroatoms. The van der Waals surface area contributed by atoms with E-state index in [0.29, 0.717) is 12.5 Å². The van der Waals surface area contributed by atoms with Crippen LogP contribution < -0.4 is 5.32 Å². The maximum atomic E-state index is 12.6. The van der Waals surface area contributed by atoms with Gasteiger partial charge in [-0.15, -0.1) is 0 Å². The zero-order chi connectivity index (χ0) is 17.1. The van der Waals surface area contributed by atoms with E-state index < -0.39 is 0 Å². The number of nitrogens with zero attached hydrogens (tertiary/aromatic N) is 1. The van der Waals surface area contributed by atoms with Gasteiger partial charge in [-0.2, -0.15) is 0 Å². The Morgan fingerprint density at radius 3 is 2.75 bits per heavy atom. The van der Waals surface area contributed by atoms with Crippen molar-refractivity contribution >= 4 is 38.3 Å². The largest absolute Gasteiger partial charge is 0.381 e. The molecule has 3 rings (SSSR count). The van der Waals surface area contributed by atoms with Gasteiger partial charge >= 0.3 is 0 Å². The number of aromatic nitrogens is 1. The Morgan fingerprint density at radius 1 is 1.29 bits per heavy atom. The predicted octanol–water partition coefficient (Wildman–Crippen LogP) is 5.97. The molecule has 1 aromatic heterocycles. The average molecular weight is 389 g/mol. The van der Waals surface area contributed by atoms with E-state index in [2.05, 4.69) is 39.2 Å². The number of Topliss-reactive ketones (excluding diaryl/α,β-unsaturated/α-hetero) is 1. The van der Waals surface area contributed by atoms with Gasteiger partial charge in [0.15, 0.2) is 5.78 Å². The van der Waals surface area contributed by atoms with E-state index in [1.54, 1.807) is 6.20 Å². The Labute approximate surface area is 152 Å². The normalized spacial score (nSPS) is 21.0. The molecule has 1 aliphatic carbocycles. The number of hydrogen-bond donors (Lipinski definition) is 1. The Hall–Kier alpha value is -1.42. The van der Waals surface area contributed by atoms with Crippen LogP contribution in [0, 0.1) is 5.92 Å². The van der Waals surface area contributed by atoms with Crippen molar-refractivity contribution in [1.82, 2.24) is 4.98 Å². The summed E-state index contributed by atoms with van der Waals surface area (Å²) >= 11 is 3.55. The lowest BCUT2D eigenvalue weighted by Crippen LogP contribution is -2.26. The number of fused-ring (bicyclic) bond motifs is 1. The lowest BCUT2D eigenvalue weighted by atomic mass is 9.87. The highest BCUT2D eigenvalue weighted by atomic mass is 79.9. The summed E-state index contributed by atoms with van der Waals surface area (Å²) in [5, 5.41) is 4.73. The van der Waals surface area contributed by atoms with Crippen molar-refractivity contribution in [2.75, 3.05) is 5.32 Å². The fourth-order valence-electron chi connectivity index (χ4n) is 3.50. The van der Waals surface area contributed by atoms with Gasteiger partial charge in [0.1, 0.15) is 0 Å². The summed E-state index contributed by atoms with van der Waals surface area (Å²) in [5.74, 6) is 0.992. The topological polar surface area (TPSA) is 42.0 Å². The van der Waals surface area contributed by atoms with Crippen LogP contribution in [0.25, 0.3) is 10.9 Å². The Morgan fingerprint density at radius 2 is 2.04 bits per heavy atom. The second-order valence-electron chi connectivity index (χ2n) is 6.98. The van der Waals surface area contributed by atoms with Crippen molar-refractivity contribution in [1.29, 1.82) is 0 Å². The minimum atomic E-state index is 0.179. The SMILES string of the molecule is CCCC(=O)c1cnc2ccc(Br)cc2c1N[C@H]1CC[C@H](C)CC1. The van der Waals surface area contributed by atoms with E-state index in [1.807, 2.05) is 19.1 Å². The van der Waals surface area contributed by atoms with Gasteiger partial charge in [0, 0.05) is 28.5 Å². The van der Waals surface area contributed by atoms with Gasteiger partial charge in [-0.05, 0) is 56.2 Å². The summed E-state index contributed by atoms with van der Waals surface area (Å²) in [6.45, 7) is 4.37. The summed E-state index contributed by atoms with van der Waals surface area (Å²) in [6, 6.07) is 6.51. The van der Waals surface area contributed by atoms with Crippen LogP contribution in [0.1, 0.15) is 62.7 Å². The molecule has 1 saturated carbocycles. The number of ketones is 1. The Balaban J connectivity index is 2.01. The highest BCUT2D eigenvalue weighted by Crippen LogP contribution is 2.33. The second kappa shape index (κ2) is 7.64. The second-order valence-corrected chi connectivity index (χ2v) is 7.90. The Bertz CT molecular complexity index is 736. The number of benzene rings is 1. The Kier molecular flexibility index (Phi) is 5.54. The molecule has 1 aromatic carbocycles. The standard InChI is InChI=1S/C20H25BrN2O/c1-3-4-19(24)17-12-22-18-10-7-14(21)11-16(18)20(17)23-15-8-5-13(2)6-9-15/h7,10-13,15H,3-6,8-9H2,1-2H3,(H,22,23)/t13-,15-. The fraction of sp³-hybridized carbons (Fsp3) is 0.500. The molecule has 128 valence electrons. The lowest BCUT2D eigenvalue weighted by molar-refractivity contribution is 0.0982. The van der Waals surface area contributed by atoms with Crippen LogP contribution in [0.3, 0.4) is 0 Å². The summed E-state index contributed by atoms with van der Waals surface area (Å²) in [7, 11) is 0. The third-order valence-corrected chi connectivity index (χ3v) is 5.47. The first-order chi connectivity index (χ1) is 11.6. The lowest BCUT2D eigenvalue weighted by Gasteiger charge is -2.29. The number of halogens is 1. The molecule has 2 aromatic rings. The van der Waals surface area contributed by atoms with E-state index in [-0.39, 0.29) is 5.78 Å². The van der Waals surface area contributed by atoms with Crippen molar-refractivity contribution < 1.29 is 4.79 Å². The molecule has 1 heterocycles. The molecule has 3 nitrogen and oxygen atoms in total. The molecule has 0 atom stereocenters. The first-order valence-corrected chi connectivity index (χ1v) is 9.75. The van der Waals surface area contributed by atoms with Crippen LogP contribution in [0.2, 0.25) is 0 Å². The molecule has 24 heavy (non-hydrogen) atoms. The molecular formula is C20H25BrN2O. The molecule has 0 aliphatic heterocycles. The molecule has 0 spiro atoms. The molecule has 0 unspecified atom stereocenters. The first-order valence-electron chi connectivity index (χ1n) is 8.96.